The molecule has 2 rings (SSSR count). The number of nitrogens with zero attached hydrogens (tertiary/aromatic N) is 2. The molecule has 0 spiro atoms. The molecule has 0 radical (unpaired) electrons. The van der Waals surface area contributed by atoms with E-state index in [9.17, 15) is 24.0 Å². The van der Waals surface area contributed by atoms with Gasteiger partial charge in [0.05, 0.1) is 26.7 Å². The van der Waals surface area contributed by atoms with Gasteiger partial charge in [0.15, 0.2) is 5.11 Å². The fourth-order valence-electron chi connectivity index (χ4n) is 5.36. The molecule has 15 heteroatoms. The molecule has 1 atom stereocenters. The lowest BCUT2D eigenvalue weighted by Gasteiger charge is -2.33. The summed E-state index contributed by atoms with van der Waals surface area (Å²) in [6, 6.07) is 8.19. The molecule has 0 aromatic heterocycles. The van der Waals surface area contributed by atoms with Crippen molar-refractivity contribution < 1.29 is 38.2 Å². The number of carbonyl (C=O) groups is 5. The summed E-state index contributed by atoms with van der Waals surface area (Å²) in [6.07, 6.45) is 4.60. The van der Waals surface area contributed by atoms with Crippen LogP contribution in [-0.4, -0.2) is 118 Å². The van der Waals surface area contributed by atoms with Gasteiger partial charge in [-0.3, -0.25) is 14.5 Å². The van der Waals surface area contributed by atoms with Gasteiger partial charge in [0.25, 0.3) is 0 Å². The fourth-order valence-corrected chi connectivity index (χ4v) is 5.56. The van der Waals surface area contributed by atoms with Crippen molar-refractivity contribution in [3.8, 4) is 0 Å². The van der Waals surface area contributed by atoms with Crippen LogP contribution in [0.3, 0.4) is 0 Å². The van der Waals surface area contributed by atoms with E-state index in [-0.39, 0.29) is 43.7 Å². The Kier molecular flexibility index (Phi) is 19.4. The highest BCUT2D eigenvalue weighted by molar-refractivity contribution is 7.80. The average molecular weight is 707 g/mol. The zero-order valence-corrected chi connectivity index (χ0v) is 30.3. The Morgan fingerprint density at radius 1 is 0.959 bits per heavy atom. The van der Waals surface area contributed by atoms with Crippen molar-refractivity contribution in [2.75, 3.05) is 78.3 Å². The molecule has 49 heavy (non-hydrogen) atoms. The lowest BCUT2D eigenvalue weighted by molar-refractivity contribution is -0.919. The molecule has 1 aliphatic carbocycles. The van der Waals surface area contributed by atoms with Gasteiger partial charge in [-0.25, -0.2) is 19.4 Å². The number of nitrogens with one attached hydrogen (secondary N) is 5. The molecule has 1 unspecified atom stereocenters. The number of thiocarbonyl (C=S) groups is 1. The van der Waals surface area contributed by atoms with Gasteiger partial charge in [-0.1, -0.05) is 19.1 Å². The zero-order chi connectivity index (χ0) is 36.1. The molecule has 274 valence electrons. The summed E-state index contributed by atoms with van der Waals surface area (Å²) in [4.78, 5) is 68.8. The first-order chi connectivity index (χ1) is 23.5. The van der Waals surface area contributed by atoms with Gasteiger partial charge in [0.1, 0.15) is 19.4 Å². The second-order valence-electron chi connectivity index (χ2n) is 12.8. The minimum absolute atomic E-state index is 0.0187. The van der Waals surface area contributed by atoms with Crippen molar-refractivity contribution in [1.29, 1.82) is 0 Å². The van der Waals surface area contributed by atoms with Crippen LogP contribution in [0.15, 0.2) is 24.3 Å². The Bertz CT molecular complexity index is 1210. The van der Waals surface area contributed by atoms with E-state index in [1.54, 1.807) is 11.9 Å². The van der Waals surface area contributed by atoms with Crippen LogP contribution in [0.1, 0.15) is 57.9 Å². The monoisotopic (exact) mass is 706 g/mol. The van der Waals surface area contributed by atoms with Gasteiger partial charge >= 0.3 is 11.9 Å². The topological polar surface area (TPSA) is 167 Å². The van der Waals surface area contributed by atoms with Gasteiger partial charge in [0, 0.05) is 56.2 Å². The number of aldehydes is 1. The van der Waals surface area contributed by atoms with Crippen molar-refractivity contribution in [2.24, 2.45) is 11.8 Å². The summed E-state index contributed by atoms with van der Waals surface area (Å²) >= 11 is 5.53. The van der Waals surface area contributed by atoms with Crippen molar-refractivity contribution in [2.45, 2.75) is 58.9 Å². The second-order valence-corrected chi connectivity index (χ2v) is 13.2. The summed E-state index contributed by atoms with van der Waals surface area (Å²) < 4.78 is 0.763. The summed E-state index contributed by atoms with van der Waals surface area (Å²) in [5.41, 5.74) is 2.08. The lowest BCUT2D eigenvalue weighted by atomic mass is 9.81. The van der Waals surface area contributed by atoms with E-state index in [2.05, 4.69) is 62.5 Å². The number of anilines is 1. The Morgan fingerprint density at radius 3 is 2.29 bits per heavy atom. The fraction of sp³-hybridized carbons (Fsp3) is 0.647. The van der Waals surface area contributed by atoms with E-state index in [1.807, 2.05) is 19.1 Å². The number of hydrogen-bond donors (Lipinski definition) is 5. The highest BCUT2D eigenvalue weighted by Crippen LogP contribution is 2.28. The van der Waals surface area contributed by atoms with Gasteiger partial charge in [-0.2, -0.15) is 0 Å². The van der Waals surface area contributed by atoms with Crippen LogP contribution >= 0.6 is 12.2 Å². The maximum atomic E-state index is 12.5. The van der Waals surface area contributed by atoms with E-state index in [0.29, 0.717) is 43.5 Å². The predicted molar refractivity (Wildman–Crippen MR) is 191 cm³/mol. The standard InChI is InChI=1S/C34H55N7O7S/c1-5-40(3)24-32(45)48-47-31(44)23-35-19-20-41(4,6-2)25-27-11-15-29(16-12-27)39-34(49)38-22-26-9-13-28(14-10-26)33(46)37-18-17-36-30(43)8-7-21-42/h11-12,15-16,21,26,28,35H,5-10,13-14,17-20,22-25H2,1-4H3,(H3-,36,37,38,39,43,46,49)/p+1. The Hall–Kier alpha value is -3.66. The summed E-state index contributed by atoms with van der Waals surface area (Å²) in [6.45, 7) is 9.28. The second kappa shape index (κ2) is 22.9. The molecule has 0 bridgehead atoms. The molecular weight excluding hydrogens is 650 g/mol. The number of carbonyl (C=O) groups excluding carboxylic acids is 5. The Balaban J connectivity index is 1.63. The molecular formula is C34H56N7O7S+. The number of benzene rings is 1. The highest BCUT2D eigenvalue weighted by atomic mass is 32.1. The van der Waals surface area contributed by atoms with E-state index >= 15 is 0 Å². The molecule has 0 aliphatic heterocycles. The molecule has 1 aromatic carbocycles. The van der Waals surface area contributed by atoms with Crippen LogP contribution in [0.4, 0.5) is 5.69 Å². The predicted octanol–water partition coefficient (Wildman–Crippen LogP) is 1.50. The molecule has 1 fully saturated rings. The Morgan fingerprint density at radius 2 is 1.63 bits per heavy atom. The van der Waals surface area contributed by atoms with Crippen LogP contribution in [-0.2, 0) is 40.3 Å². The molecule has 1 aliphatic rings. The van der Waals surface area contributed by atoms with Crippen LogP contribution in [0.25, 0.3) is 0 Å². The van der Waals surface area contributed by atoms with E-state index in [0.717, 1.165) is 62.0 Å². The molecule has 0 saturated heterocycles. The maximum Gasteiger partial charge on any atom is 0.369 e. The number of quaternary nitrogens is 1. The van der Waals surface area contributed by atoms with Crippen LogP contribution in [0, 0.1) is 11.8 Å². The highest BCUT2D eigenvalue weighted by Gasteiger charge is 2.26. The molecule has 1 saturated carbocycles. The molecule has 2 amide bonds. The lowest BCUT2D eigenvalue weighted by Crippen LogP contribution is -2.47. The van der Waals surface area contributed by atoms with E-state index < -0.39 is 11.9 Å². The molecule has 0 heterocycles. The first-order valence-corrected chi connectivity index (χ1v) is 17.6. The SMILES string of the molecule is CCN(C)CC(=O)OOC(=O)CNCC[N+](C)(CC)Cc1ccc(NC(=S)NCC2CCC(C(=O)NCCNC(=O)CCC=O)CC2)cc1. The van der Waals surface area contributed by atoms with Crippen molar-refractivity contribution in [1.82, 2.24) is 26.2 Å². The molecule has 1 aromatic rings. The molecule has 14 nitrogen and oxygen atoms in total. The quantitative estimate of drug-likeness (QED) is 0.0313. The van der Waals surface area contributed by atoms with Gasteiger partial charge in [-0.15, -0.1) is 0 Å². The first kappa shape index (κ1) is 41.5. The van der Waals surface area contributed by atoms with Gasteiger partial charge < -0.3 is 35.9 Å². The third kappa shape index (κ3) is 17.5. The number of rotatable bonds is 21. The largest absolute Gasteiger partial charge is 0.369 e. The smallest absolute Gasteiger partial charge is 0.362 e. The van der Waals surface area contributed by atoms with Crippen molar-refractivity contribution in [3.63, 3.8) is 0 Å². The van der Waals surface area contributed by atoms with Crippen molar-refractivity contribution >= 4 is 53.1 Å². The average Bonchev–Trinajstić information content (AvgIpc) is 3.10. The molecule has 5 N–H and O–H groups in total. The number of likely N-dealkylation sites (N-methyl/N-ethyl adjacent to an activating group) is 2. The normalized spacial score (nSPS) is 16.9. The minimum Gasteiger partial charge on any atom is -0.362 e. The zero-order valence-electron chi connectivity index (χ0n) is 29.5. The first-order valence-electron chi connectivity index (χ1n) is 17.2. The number of hydrogen-bond acceptors (Lipinski definition) is 10. The third-order valence-electron chi connectivity index (χ3n) is 8.81. The van der Waals surface area contributed by atoms with Crippen LogP contribution in [0.5, 0.6) is 0 Å². The number of amides is 2. The summed E-state index contributed by atoms with van der Waals surface area (Å²) in [5.74, 6) is -1.01. The van der Waals surface area contributed by atoms with Crippen LogP contribution in [0.2, 0.25) is 0 Å². The Labute approximate surface area is 295 Å². The summed E-state index contributed by atoms with van der Waals surface area (Å²) in [5, 5.41) is 15.8. The van der Waals surface area contributed by atoms with Crippen LogP contribution < -0.4 is 26.6 Å². The van der Waals surface area contributed by atoms with E-state index in [1.165, 1.54) is 5.56 Å². The maximum absolute atomic E-state index is 12.5. The van der Waals surface area contributed by atoms with Gasteiger partial charge in [-0.05, 0) is 76.5 Å². The third-order valence-corrected chi connectivity index (χ3v) is 9.05. The van der Waals surface area contributed by atoms with Gasteiger partial charge in [0.2, 0.25) is 11.8 Å². The summed E-state index contributed by atoms with van der Waals surface area (Å²) in [7, 11) is 3.94. The van der Waals surface area contributed by atoms with Crippen molar-refractivity contribution in [3.05, 3.63) is 29.8 Å². The van der Waals surface area contributed by atoms with E-state index in [4.69, 9.17) is 12.2 Å². The minimum atomic E-state index is -0.647.